The molecule has 31 heavy (non-hydrogen) atoms. The van der Waals surface area contributed by atoms with Crippen LogP contribution in [-0.4, -0.2) is 32.5 Å². The predicted molar refractivity (Wildman–Crippen MR) is 116 cm³/mol. The number of carbonyl (C=O) groups is 2. The molecule has 0 fully saturated rings. The lowest BCUT2D eigenvalue weighted by atomic mass is 10.1. The average Bonchev–Trinajstić information content (AvgIpc) is 2.76. The maximum absolute atomic E-state index is 12.7. The minimum Gasteiger partial charge on any atom is -0.505 e. The van der Waals surface area contributed by atoms with Crippen molar-refractivity contribution in [3.63, 3.8) is 0 Å². The van der Waals surface area contributed by atoms with Crippen LogP contribution in [0.3, 0.4) is 0 Å². The normalized spacial score (nSPS) is 10.9. The Balaban J connectivity index is 1.84. The molecule has 0 atom stereocenters. The van der Waals surface area contributed by atoms with Crippen LogP contribution < -0.4 is 10.0 Å². The van der Waals surface area contributed by atoms with Crippen LogP contribution in [-0.2, 0) is 14.8 Å². The van der Waals surface area contributed by atoms with Crippen LogP contribution in [0.2, 0.25) is 0 Å². The maximum atomic E-state index is 12.7. The molecular weight excluding hydrogens is 420 g/mol. The van der Waals surface area contributed by atoms with Gasteiger partial charge in [-0.3, -0.25) is 9.52 Å². The van der Waals surface area contributed by atoms with E-state index in [1.165, 1.54) is 49.6 Å². The van der Waals surface area contributed by atoms with Gasteiger partial charge >= 0.3 is 5.97 Å². The van der Waals surface area contributed by atoms with Gasteiger partial charge in [0.1, 0.15) is 5.56 Å². The monoisotopic (exact) mass is 440 g/mol. The SMILES string of the molecule is COC(=O)c1cccc(NC(=O)c2cccc(S(=O)(=O)Nc3ccc(C)cc3)c2)c1O. The number of nitrogens with one attached hydrogen (secondary N) is 2. The number of sulfonamides is 1. The summed E-state index contributed by atoms with van der Waals surface area (Å²) in [5.41, 5.74) is 1.30. The molecule has 0 spiro atoms. The molecular formula is C22H20N2O6S. The molecule has 0 aliphatic rings. The van der Waals surface area contributed by atoms with Gasteiger partial charge in [-0.15, -0.1) is 0 Å². The van der Waals surface area contributed by atoms with Gasteiger partial charge in [0, 0.05) is 11.3 Å². The summed E-state index contributed by atoms with van der Waals surface area (Å²) in [4.78, 5) is 24.2. The molecule has 160 valence electrons. The Bertz CT molecular complexity index is 1240. The molecule has 0 radical (unpaired) electrons. The average molecular weight is 440 g/mol. The number of amides is 1. The predicted octanol–water partition coefficient (Wildman–Crippen LogP) is 3.54. The summed E-state index contributed by atoms with van der Waals surface area (Å²) in [5, 5.41) is 12.7. The van der Waals surface area contributed by atoms with Gasteiger partial charge in [0.05, 0.1) is 17.7 Å². The van der Waals surface area contributed by atoms with E-state index in [-0.39, 0.29) is 21.7 Å². The van der Waals surface area contributed by atoms with Crippen molar-refractivity contribution in [3.8, 4) is 5.75 Å². The molecule has 3 rings (SSSR count). The van der Waals surface area contributed by atoms with Gasteiger partial charge in [-0.05, 0) is 49.4 Å². The number of phenols is 1. The number of benzene rings is 3. The number of rotatable bonds is 6. The van der Waals surface area contributed by atoms with Gasteiger partial charge in [0.15, 0.2) is 5.75 Å². The summed E-state index contributed by atoms with van der Waals surface area (Å²) in [6.07, 6.45) is 0. The molecule has 0 aliphatic heterocycles. The smallest absolute Gasteiger partial charge is 0.341 e. The minimum absolute atomic E-state index is 0.0149. The quantitative estimate of drug-likeness (QED) is 0.398. The summed E-state index contributed by atoms with van der Waals surface area (Å²) in [6, 6.07) is 16.5. The fourth-order valence-electron chi connectivity index (χ4n) is 2.75. The second-order valence-electron chi connectivity index (χ2n) is 6.65. The van der Waals surface area contributed by atoms with Crippen LogP contribution in [0.15, 0.2) is 71.6 Å². The van der Waals surface area contributed by atoms with Crippen molar-refractivity contribution >= 4 is 33.3 Å². The Morgan fingerprint density at radius 2 is 1.65 bits per heavy atom. The largest absolute Gasteiger partial charge is 0.505 e. The molecule has 0 heterocycles. The Morgan fingerprint density at radius 1 is 0.968 bits per heavy atom. The van der Waals surface area contributed by atoms with Crippen molar-refractivity contribution < 1.29 is 27.9 Å². The lowest BCUT2D eigenvalue weighted by Crippen LogP contribution is -2.16. The number of aryl methyl sites for hydroxylation is 1. The number of esters is 1. The third kappa shape index (κ3) is 5.01. The number of ether oxygens (including phenoxy) is 1. The van der Waals surface area contributed by atoms with Crippen molar-refractivity contribution in [2.45, 2.75) is 11.8 Å². The van der Waals surface area contributed by atoms with Gasteiger partial charge < -0.3 is 15.2 Å². The van der Waals surface area contributed by atoms with Crippen molar-refractivity contribution in [1.29, 1.82) is 0 Å². The van der Waals surface area contributed by atoms with E-state index in [1.807, 2.05) is 6.92 Å². The molecule has 1 amide bonds. The number of aromatic hydroxyl groups is 1. The van der Waals surface area contributed by atoms with E-state index in [0.29, 0.717) is 5.69 Å². The van der Waals surface area contributed by atoms with E-state index in [0.717, 1.165) is 5.56 Å². The van der Waals surface area contributed by atoms with E-state index < -0.39 is 27.6 Å². The second kappa shape index (κ2) is 8.88. The highest BCUT2D eigenvalue weighted by atomic mass is 32.2. The molecule has 0 saturated heterocycles. The van der Waals surface area contributed by atoms with Gasteiger partial charge in [0.25, 0.3) is 15.9 Å². The zero-order chi connectivity index (χ0) is 22.6. The molecule has 8 nitrogen and oxygen atoms in total. The highest BCUT2D eigenvalue weighted by molar-refractivity contribution is 7.92. The Hall–Kier alpha value is -3.85. The fraction of sp³-hybridized carbons (Fsp3) is 0.0909. The Morgan fingerprint density at radius 3 is 2.32 bits per heavy atom. The van der Waals surface area contributed by atoms with E-state index in [9.17, 15) is 23.1 Å². The molecule has 0 saturated carbocycles. The van der Waals surface area contributed by atoms with Crippen LogP contribution in [0, 0.1) is 6.92 Å². The molecule has 0 bridgehead atoms. The van der Waals surface area contributed by atoms with Gasteiger partial charge in [-0.1, -0.05) is 29.8 Å². The molecule has 9 heteroatoms. The van der Waals surface area contributed by atoms with Gasteiger partial charge in [-0.2, -0.15) is 0 Å². The summed E-state index contributed by atoms with van der Waals surface area (Å²) in [6.45, 7) is 1.89. The number of methoxy groups -OCH3 is 1. The van der Waals surface area contributed by atoms with Crippen molar-refractivity contribution in [2.75, 3.05) is 17.1 Å². The van der Waals surface area contributed by atoms with Gasteiger partial charge in [0.2, 0.25) is 0 Å². The number of anilines is 2. The zero-order valence-electron chi connectivity index (χ0n) is 16.7. The molecule has 3 N–H and O–H groups in total. The first-order chi connectivity index (χ1) is 14.7. The number of hydrogen-bond acceptors (Lipinski definition) is 6. The maximum Gasteiger partial charge on any atom is 0.341 e. The molecule has 0 unspecified atom stereocenters. The van der Waals surface area contributed by atoms with Crippen LogP contribution in [0.1, 0.15) is 26.3 Å². The van der Waals surface area contributed by atoms with Crippen molar-refractivity contribution in [2.24, 2.45) is 0 Å². The number of para-hydroxylation sites is 1. The molecule has 0 aliphatic carbocycles. The van der Waals surface area contributed by atoms with Crippen LogP contribution in [0.5, 0.6) is 5.75 Å². The van der Waals surface area contributed by atoms with Crippen molar-refractivity contribution in [1.82, 2.24) is 0 Å². The summed E-state index contributed by atoms with van der Waals surface area (Å²) in [5.74, 6) is -1.87. The van der Waals surface area contributed by atoms with Crippen LogP contribution in [0.25, 0.3) is 0 Å². The van der Waals surface area contributed by atoms with E-state index in [2.05, 4.69) is 14.8 Å². The highest BCUT2D eigenvalue weighted by Crippen LogP contribution is 2.28. The second-order valence-corrected chi connectivity index (χ2v) is 8.33. The Kier molecular flexibility index (Phi) is 6.26. The third-order valence-corrected chi connectivity index (χ3v) is 5.78. The van der Waals surface area contributed by atoms with E-state index >= 15 is 0 Å². The number of carbonyl (C=O) groups excluding carboxylic acids is 2. The number of hydrogen-bond donors (Lipinski definition) is 3. The summed E-state index contributed by atoms with van der Waals surface area (Å²) < 4.78 is 32.4. The number of phenolic OH excluding ortho intramolecular Hbond substituents is 1. The van der Waals surface area contributed by atoms with Crippen LogP contribution in [0.4, 0.5) is 11.4 Å². The third-order valence-electron chi connectivity index (χ3n) is 4.40. The molecule has 3 aromatic carbocycles. The first kappa shape index (κ1) is 21.8. The Labute approximate surface area is 179 Å². The summed E-state index contributed by atoms with van der Waals surface area (Å²) in [7, 11) is -2.75. The highest BCUT2D eigenvalue weighted by Gasteiger charge is 2.19. The first-order valence-electron chi connectivity index (χ1n) is 9.12. The molecule has 0 aromatic heterocycles. The minimum atomic E-state index is -3.93. The van der Waals surface area contributed by atoms with Crippen molar-refractivity contribution in [3.05, 3.63) is 83.4 Å². The standard InChI is InChI=1S/C22H20N2O6S/c1-14-9-11-16(12-10-14)24-31(28,29)17-6-3-5-15(13-17)21(26)23-19-8-4-7-18(20(19)25)22(27)30-2/h3-13,24-25H,1-2H3,(H,23,26). The topological polar surface area (TPSA) is 122 Å². The molecule has 3 aromatic rings. The fourth-order valence-corrected chi connectivity index (χ4v) is 3.86. The van der Waals surface area contributed by atoms with Gasteiger partial charge in [-0.25, -0.2) is 13.2 Å². The lowest BCUT2D eigenvalue weighted by Gasteiger charge is -2.12. The zero-order valence-corrected chi connectivity index (χ0v) is 17.6. The van der Waals surface area contributed by atoms with E-state index in [1.54, 1.807) is 24.3 Å². The lowest BCUT2D eigenvalue weighted by molar-refractivity contribution is 0.0597. The van der Waals surface area contributed by atoms with E-state index in [4.69, 9.17) is 0 Å². The summed E-state index contributed by atoms with van der Waals surface area (Å²) >= 11 is 0. The first-order valence-corrected chi connectivity index (χ1v) is 10.6. The van der Waals surface area contributed by atoms with Crippen LogP contribution >= 0.6 is 0 Å².